The van der Waals surface area contributed by atoms with Crippen LogP contribution >= 0.6 is 0 Å². The maximum Gasteiger partial charge on any atom is 0.278 e. The molecule has 0 unspecified atom stereocenters. The lowest BCUT2D eigenvalue weighted by atomic mass is 10.1. The van der Waals surface area contributed by atoms with Gasteiger partial charge in [0, 0.05) is 18.8 Å². The number of non-ortho nitro benzene ring substituents is 1. The first-order valence-corrected chi connectivity index (χ1v) is 5.99. The summed E-state index contributed by atoms with van der Waals surface area (Å²) in [6.45, 7) is 4.72. The molecule has 0 saturated carbocycles. The fourth-order valence-corrected chi connectivity index (χ4v) is 1.82. The van der Waals surface area contributed by atoms with E-state index in [1.165, 1.54) is 11.6 Å². The van der Waals surface area contributed by atoms with E-state index in [1.807, 2.05) is 13.8 Å². The van der Waals surface area contributed by atoms with Crippen molar-refractivity contribution in [3.05, 3.63) is 52.2 Å². The number of aromatic nitrogens is 1. The Bertz CT molecular complexity index is 646. The van der Waals surface area contributed by atoms with Crippen molar-refractivity contribution in [2.24, 2.45) is 0 Å². The largest absolute Gasteiger partial charge is 0.380 e. The lowest BCUT2D eigenvalue weighted by Gasteiger charge is -2.07. The normalized spacial score (nSPS) is 10.2. The second kappa shape index (κ2) is 5.48. The molecule has 1 N–H and O–H groups in total. The van der Waals surface area contributed by atoms with Gasteiger partial charge >= 0.3 is 0 Å². The Morgan fingerprint density at radius 2 is 2.21 bits per heavy atom. The van der Waals surface area contributed by atoms with Crippen LogP contribution in [0.1, 0.15) is 13.8 Å². The van der Waals surface area contributed by atoms with Gasteiger partial charge in [-0.2, -0.15) is 0 Å². The number of anilines is 1. The van der Waals surface area contributed by atoms with E-state index in [2.05, 4.69) is 16.4 Å². The quantitative estimate of drug-likeness (QED) is 0.517. The van der Waals surface area contributed by atoms with Gasteiger partial charge in [-0.3, -0.25) is 15.1 Å². The molecule has 5 nitrogen and oxygen atoms in total. The van der Waals surface area contributed by atoms with Gasteiger partial charge in [0.15, 0.2) is 0 Å². The van der Waals surface area contributed by atoms with Crippen LogP contribution in [0.5, 0.6) is 0 Å². The zero-order chi connectivity index (χ0) is 13.8. The predicted octanol–water partition coefficient (Wildman–Crippen LogP) is 3.52. The molecular formula is C14H15N3O2. The van der Waals surface area contributed by atoms with Gasteiger partial charge in [-0.25, -0.2) is 0 Å². The van der Waals surface area contributed by atoms with E-state index in [0.29, 0.717) is 17.4 Å². The highest BCUT2D eigenvalue weighted by Gasteiger charge is 2.14. The zero-order valence-corrected chi connectivity index (χ0v) is 10.9. The van der Waals surface area contributed by atoms with Crippen LogP contribution in [0.4, 0.5) is 11.4 Å². The van der Waals surface area contributed by atoms with Gasteiger partial charge in [-0.15, -0.1) is 0 Å². The van der Waals surface area contributed by atoms with E-state index >= 15 is 0 Å². The first-order chi connectivity index (χ1) is 9.09. The van der Waals surface area contributed by atoms with Gasteiger partial charge in [0.1, 0.15) is 5.52 Å². The Balaban J connectivity index is 2.44. The van der Waals surface area contributed by atoms with Crippen molar-refractivity contribution in [1.82, 2.24) is 4.98 Å². The third-order valence-corrected chi connectivity index (χ3v) is 2.75. The van der Waals surface area contributed by atoms with Crippen LogP contribution in [-0.4, -0.2) is 16.5 Å². The monoisotopic (exact) mass is 257 g/mol. The number of fused-ring (bicyclic) bond motifs is 1. The van der Waals surface area contributed by atoms with E-state index in [-0.39, 0.29) is 10.6 Å². The fraction of sp³-hybridized carbons (Fsp3) is 0.214. The SMILES string of the molecule is CC(C)=CCNc1ccc([N+](=O)[O-])c2cccnc12. The summed E-state index contributed by atoms with van der Waals surface area (Å²) in [5, 5.41) is 14.8. The number of allylic oxidation sites excluding steroid dienone is 1. The Morgan fingerprint density at radius 1 is 1.42 bits per heavy atom. The number of nitro benzene ring substituents is 1. The van der Waals surface area contributed by atoms with Crippen LogP contribution in [-0.2, 0) is 0 Å². The molecule has 5 heteroatoms. The molecule has 0 fully saturated rings. The summed E-state index contributed by atoms with van der Waals surface area (Å²) in [7, 11) is 0. The Kier molecular flexibility index (Phi) is 3.75. The van der Waals surface area contributed by atoms with Crippen LogP contribution in [0, 0.1) is 10.1 Å². The smallest absolute Gasteiger partial charge is 0.278 e. The van der Waals surface area contributed by atoms with Crippen LogP contribution < -0.4 is 5.32 Å². The van der Waals surface area contributed by atoms with Crippen molar-refractivity contribution in [3.63, 3.8) is 0 Å². The molecule has 0 aliphatic heterocycles. The van der Waals surface area contributed by atoms with Crippen LogP contribution in [0.2, 0.25) is 0 Å². The molecule has 2 aromatic rings. The number of nitro groups is 1. The summed E-state index contributed by atoms with van der Waals surface area (Å²) < 4.78 is 0. The predicted molar refractivity (Wildman–Crippen MR) is 76.3 cm³/mol. The lowest BCUT2D eigenvalue weighted by molar-refractivity contribution is -0.383. The minimum atomic E-state index is -0.385. The molecular weight excluding hydrogens is 242 g/mol. The minimum Gasteiger partial charge on any atom is -0.380 e. The van der Waals surface area contributed by atoms with Crippen LogP contribution in [0.3, 0.4) is 0 Å². The molecule has 0 bridgehead atoms. The maximum atomic E-state index is 11.0. The number of benzene rings is 1. The van der Waals surface area contributed by atoms with Gasteiger partial charge in [0.05, 0.1) is 16.0 Å². The maximum absolute atomic E-state index is 11.0. The number of pyridine rings is 1. The second-order valence-corrected chi connectivity index (χ2v) is 4.45. The molecule has 1 aromatic heterocycles. The van der Waals surface area contributed by atoms with Gasteiger partial charge in [-0.1, -0.05) is 11.6 Å². The number of rotatable bonds is 4. The van der Waals surface area contributed by atoms with Gasteiger partial charge in [0.2, 0.25) is 0 Å². The molecule has 0 atom stereocenters. The highest BCUT2D eigenvalue weighted by Crippen LogP contribution is 2.29. The Morgan fingerprint density at radius 3 is 2.89 bits per heavy atom. The zero-order valence-electron chi connectivity index (χ0n) is 10.9. The number of hydrogen-bond donors (Lipinski definition) is 1. The number of nitrogens with one attached hydrogen (secondary N) is 1. The Hall–Kier alpha value is -2.43. The molecule has 0 radical (unpaired) electrons. The third-order valence-electron chi connectivity index (χ3n) is 2.75. The average Bonchev–Trinajstić information content (AvgIpc) is 2.38. The average molecular weight is 257 g/mol. The molecule has 0 aliphatic carbocycles. The van der Waals surface area contributed by atoms with Gasteiger partial charge in [0.25, 0.3) is 5.69 Å². The fourth-order valence-electron chi connectivity index (χ4n) is 1.82. The van der Waals surface area contributed by atoms with Crippen LogP contribution in [0.15, 0.2) is 42.1 Å². The summed E-state index contributed by atoms with van der Waals surface area (Å²) in [6.07, 6.45) is 3.69. The molecule has 0 aliphatic rings. The van der Waals surface area contributed by atoms with E-state index in [4.69, 9.17) is 0 Å². The summed E-state index contributed by atoms with van der Waals surface area (Å²) in [4.78, 5) is 14.8. The van der Waals surface area contributed by atoms with Crippen LogP contribution in [0.25, 0.3) is 10.9 Å². The molecule has 0 spiro atoms. The number of hydrogen-bond acceptors (Lipinski definition) is 4. The first kappa shape index (κ1) is 13.0. The third kappa shape index (κ3) is 2.88. The van der Waals surface area contributed by atoms with Crippen molar-refractivity contribution >= 4 is 22.3 Å². The van der Waals surface area contributed by atoms with E-state index in [9.17, 15) is 10.1 Å². The summed E-state index contributed by atoms with van der Waals surface area (Å²) in [5.74, 6) is 0. The van der Waals surface area contributed by atoms with Gasteiger partial charge < -0.3 is 5.32 Å². The minimum absolute atomic E-state index is 0.0795. The van der Waals surface area contributed by atoms with E-state index in [0.717, 1.165) is 5.69 Å². The molecule has 19 heavy (non-hydrogen) atoms. The number of nitrogens with zero attached hydrogens (tertiary/aromatic N) is 2. The first-order valence-electron chi connectivity index (χ1n) is 5.99. The second-order valence-electron chi connectivity index (χ2n) is 4.45. The summed E-state index contributed by atoms with van der Waals surface area (Å²) in [5.41, 5.74) is 2.72. The molecule has 0 saturated heterocycles. The molecule has 1 heterocycles. The standard InChI is InChI=1S/C14H15N3O2/c1-10(2)7-9-15-12-5-6-13(17(18)19)11-4-3-8-16-14(11)12/h3-8,15H,9H2,1-2H3. The summed E-state index contributed by atoms with van der Waals surface area (Å²) in [6, 6.07) is 6.63. The topological polar surface area (TPSA) is 68.1 Å². The van der Waals surface area contributed by atoms with E-state index < -0.39 is 0 Å². The molecule has 0 amide bonds. The van der Waals surface area contributed by atoms with Crippen molar-refractivity contribution in [3.8, 4) is 0 Å². The van der Waals surface area contributed by atoms with Crippen molar-refractivity contribution in [1.29, 1.82) is 0 Å². The summed E-state index contributed by atoms with van der Waals surface area (Å²) >= 11 is 0. The molecule has 98 valence electrons. The van der Waals surface area contributed by atoms with E-state index in [1.54, 1.807) is 24.4 Å². The van der Waals surface area contributed by atoms with Gasteiger partial charge in [-0.05, 0) is 32.0 Å². The van der Waals surface area contributed by atoms with Crippen molar-refractivity contribution in [2.75, 3.05) is 11.9 Å². The van der Waals surface area contributed by atoms with Crippen molar-refractivity contribution in [2.45, 2.75) is 13.8 Å². The molecule has 1 aromatic carbocycles. The lowest BCUT2D eigenvalue weighted by Crippen LogP contribution is -2.01. The highest BCUT2D eigenvalue weighted by molar-refractivity contribution is 5.96. The van der Waals surface area contributed by atoms with Crippen molar-refractivity contribution < 1.29 is 4.92 Å². The molecule has 2 rings (SSSR count). The highest BCUT2D eigenvalue weighted by atomic mass is 16.6. The Labute approximate surface area is 111 Å².